The number of hydrogen-bond donors (Lipinski definition) is 1. The number of aromatic carboxylic acids is 1. The standard InChI is InChI=1S/C18H13N3O5S/c1-10-5-6-12(17(23)24)9-14(10)19-18-20-16(22)15(27-18)8-11-3-2-4-13(7-11)21(25)26/h2-9H,1H3,(H,23,24)(H,19,20,22)/p-1/b15-8-. The molecule has 1 amide bonds. The fourth-order valence-electron chi connectivity index (χ4n) is 2.33. The summed E-state index contributed by atoms with van der Waals surface area (Å²) in [6.45, 7) is 1.76. The molecule has 1 fully saturated rings. The van der Waals surface area contributed by atoms with Gasteiger partial charge in [-0.05, 0) is 47.5 Å². The van der Waals surface area contributed by atoms with Gasteiger partial charge in [0.2, 0.25) is 0 Å². The van der Waals surface area contributed by atoms with E-state index in [1.54, 1.807) is 19.1 Å². The number of aryl methyl sites for hydroxylation is 1. The molecule has 1 saturated heterocycles. The second-order valence-corrected chi connectivity index (χ2v) is 6.65. The molecule has 27 heavy (non-hydrogen) atoms. The second-order valence-electron chi connectivity index (χ2n) is 5.62. The van der Waals surface area contributed by atoms with Gasteiger partial charge in [-0.3, -0.25) is 14.9 Å². The van der Waals surface area contributed by atoms with Crippen LogP contribution >= 0.6 is 11.8 Å². The first-order valence-electron chi connectivity index (χ1n) is 7.69. The number of rotatable bonds is 4. The predicted octanol–water partition coefficient (Wildman–Crippen LogP) is 2.16. The number of carbonyl (C=O) groups excluding carboxylic acids is 2. The Hall–Kier alpha value is -3.46. The van der Waals surface area contributed by atoms with Crippen LogP contribution in [0.3, 0.4) is 0 Å². The van der Waals surface area contributed by atoms with Gasteiger partial charge in [-0.25, -0.2) is 4.99 Å². The molecule has 2 aromatic rings. The van der Waals surface area contributed by atoms with Crippen molar-refractivity contribution >= 4 is 46.3 Å². The predicted molar refractivity (Wildman–Crippen MR) is 99.4 cm³/mol. The van der Waals surface area contributed by atoms with Crippen LogP contribution in [-0.4, -0.2) is 22.0 Å². The monoisotopic (exact) mass is 382 g/mol. The Morgan fingerprint density at radius 3 is 2.74 bits per heavy atom. The lowest BCUT2D eigenvalue weighted by Gasteiger charge is -2.06. The highest BCUT2D eigenvalue weighted by Gasteiger charge is 2.24. The number of aliphatic imine (C=N–C) groups is 1. The fourth-order valence-corrected chi connectivity index (χ4v) is 3.16. The van der Waals surface area contributed by atoms with Crippen LogP contribution < -0.4 is 10.4 Å². The molecule has 1 heterocycles. The molecule has 0 atom stereocenters. The van der Waals surface area contributed by atoms with Crippen molar-refractivity contribution < 1.29 is 19.6 Å². The lowest BCUT2D eigenvalue weighted by atomic mass is 10.1. The first-order valence-corrected chi connectivity index (χ1v) is 8.51. The second kappa shape index (κ2) is 7.42. The number of nitrogens with one attached hydrogen (secondary N) is 1. The normalized spacial score (nSPS) is 16.6. The lowest BCUT2D eigenvalue weighted by molar-refractivity contribution is -0.384. The zero-order valence-electron chi connectivity index (χ0n) is 14.0. The van der Waals surface area contributed by atoms with Crippen LogP contribution in [0.25, 0.3) is 6.08 Å². The summed E-state index contributed by atoms with van der Waals surface area (Å²) in [5.74, 6) is -1.70. The van der Waals surface area contributed by atoms with Crippen LogP contribution in [0.2, 0.25) is 0 Å². The third kappa shape index (κ3) is 4.21. The number of thioether (sulfide) groups is 1. The molecule has 0 bridgehead atoms. The molecular formula is C18H12N3O5S-. The molecular weight excluding hydrogens is 370 g/mol. The van der Waals surface area contributed by atoms with Gasteiger partial charge in [0.25, 0.3) is 11.6 Å². The average molecular weight is 382 g/mol. The maximum Gasteiger partial charge on any atom is 0.270 e. The molecule has 0 spiro atoms. The Labute approximate surface area is 157 Å². The van der Waals surface area contributed by atoms with Gasteiger partial charge in [-0.1, -0.05) is 24.3 Å². The van der Waals surface area contributed by atoms with Crippen LogP contribution in [0.1, 0.15) is 21.5 Å². The summed E-state index contributed by atoms with van der Waals surface area (Å²) in [7, 11) is 0. The van der Waals surface area contributed by atoms with Gasteiger partial charge in [0, 0.05) is 12.1 Å². The minimum Gasteiger partial charge on any atom is -0.545 e. The van der Waals surface area contributed by atoms with Gasteiger partial charge in [0.15, 0.2) is 5.17 Å². The quantitative estimate of drug-likeness (QED) is 0.491. The minimum absolute atomic E-state index is 0.0124. The molecule has 2 aromatic carbocycles. The molecule has 0 aromatic heterocycles. The average Bonchev–Trinajstić information content (AvgIpc) is 2.96. The maximum absolute atomic E-state index is 12.1. The van der Waals surface area contributed by atoms with Gasteiger partial charge < -0.3 is 15.2 Å². The molecule has 0 saturated carbocycles. The zero-order valence-corrected chi connectivity index (χ0v) is 14.8. The van der Waals surface area contributed by atoms with Crippen LogP contribution in [0, 0.1) is 17.0 Å². The summed E-state index contributed by atoms with van der Waals surface area (Å²) < 4.78 is 0. The van der Waals surface area contributed by atoms with Crippen molar-refractivity contribution in [1.82, 2.24) is 5.32 Å². The van der Waals surface area contributed by atoms with E-state index in [1.807, 2.05) is 0 Å². The first-order chi connectivity index (χ1) is 12.8. The molecule has 1 N–H and O–H groups in total. The van der Waals surface area contributed by atoms with E-state index in [4.69, 9.17) is 0 Å². The Morgan fingerprint density at radius 1 is 1.26 bits per heavy atom. The van der Waals surface area contributed by atoms with Crippen molar-refractivity contribution in [2.24, 2.45) is 4.99 Å². The number of carboxylic acid groups (broad SMARTS) is 1. The summed E-state index contributed by atoms with van der Waals surface area (Å²) in [5.41, 5.74) is 1.56. The van der Waals surface area contributed by atoms with Crippen molar-refractivity contribution in [2.75, 3.05) is 0 Å². The molecule has 0 unspecified atom stereocenters. The highest BCUT2D eigenvalue weighted by atomic mass is 32.2. The summed E-state index contributed by atoms with van der Waals surface area (Å²) in [5, 5.41) is 24.7. The number of amidine groups is 1. The Morgan fingerprint density at radius 2 is 2.04 bits per heavy atom. The van der Waals surface area contributed by atoms with E-state index in [2.05, 4.69) is 10.3 Å². The number of nitrogens with zero attached hydrogens (tertiary/aromatic N) is 2. The topological polar surface area (TPSA) is 125 Å². The summed E-state index contributed by atoms with van der Waals surface area (Å²) in [6.07, 6.45) is 1.53. The number of carboxylic acids is 1. The van der Waals surface area contributed by atoms with E-state index in [0.717, 1.165) is 17.3 Å². The molecule has 0 radical (unpaired) electrons. The fraction of sp³-hybridized carbons (Fsp3) is 0.0556. The van der Waals surface area contributed by atoms with E-state index in [9.17, 15) is 24.8 Å². The molecule has 136 valence electrons. The highest BCUT2D eigenvalue weighted by molar-refractivity contribution is 8.18. The SMILES string of the molecule is Cc1ccc(C(=O)[O-])cc1N=C1NC(=O)/C(=C/c2cccc([N+](=O)[O-])c2)S1. The van der Waals surface area contributed by atoms with Crippen LogP contribution in [0.4, 0.5) is 11.4 Å². The third-order valence-corrected chi connectivity index (χ3v) is 4.61. The van der Waals surface area contributed by atoms with E-state index < -0.39 is 10.9 Å². The molecule has 0 aliphatic carbocycles. The van der Waals surface area contributed by atoms with Crippen LogP contribution in [0.15, 0.2) is 52.4 Å². The Kier molecular flexibility index (Phi) is 5.04. The number of non-ortho nitro benzene ring substituents is 1. The number of nitro benzene ring substituents is 1. The lowest BCUT2D eigenvalue weighted by Crippen LogP contribution is -2.22. The number of amides is 1. The maximum atomic E-state index is 12.1. The van der Waals surface area contributed by atoms with Crippen molar-refractivity contribution in [3.8, 4) is 0 Å². The van der Waals surface area contributed by atoms with Gasteiger partial charge >= 0.3 is 0 Å². The largest absolute Gasteiger partial charge is 0.545 e. The number of carbonyl (C=O) groups is 2. The molecule has 1 aliphatic heterocycles. The van der Waals surface area contributed by atoms with Crippen molar-refractivity contribution in [2.45, 2.75) is 6.92 Å². The smallest absolute Gasteiger partial charge is 0.270 e. The minimum atomic E-state index is -1.31. The van der Waals surface area contributed by atoms with Crippen LogP contribution in [-0.2, 0) is 4.79 Å². The molecule has 9 heteroatoms. The van der Waals surface area contributed by atoms with E-state index in [-0.39, 0.29) is 22.3 Å². The summed E-state index contributed by atoms with van der Waals surface area (Å²) in [4.78, 5) is 38.1. The number of hydrogen-bond acceptors (Lipinski definition) is 7. The number of nitro groups is 1. The first kappa shape index (κ1) is 18.3. The summed E-state index contributed by atoms with van der Waals surface area (Å²) >= 11 is 1.06. The third-order valence-electron chi connectivity index (χ3n) is 3.70. The van der Waals surface area contributed by atoms with E-state index >= 15 is 0 Å². The summed E-state index contributed by atoms with van der Waals surface area (Å²) in [6, 6.07) is 10.3. The zero-order chi connectivity index (χ0) is 19.6. The van der Waals surface area contributed by atoms with Gasteiger partial charge in [0.05, 0.1) is 21.5 Å². The highest BCUT2D eigenvalue weighted by Crippen LogP contribution is 2.30. The van der Waals surface area contributed by atoms with E-state index in [0.29, 0.717) is 16.2 Å². The van der Waals surface area contributed by atoms with Gasteiger partial charge in [-0.15, -0.1) is 0 Å². The number of benzene rings is 2. The van der Waals surface area contributed by atoms with Crippen molar-refractivity contribution in [3.63, 3.8) is 0 Å². The molecule has 1 aliphatic rings. The molecule has 8 nitrogen and oxygen atoms in total. The van der Waals surface area contributed by atoms with Crippen molar-refractivity contribution in [3.05, 3.63) is 74.2 Å². The van der Waals surface area contributed by atoms with Crippen LogP contribution in [0.5, 0.6) is 0 Å². The van der Waals surface area contributed by atoms with E-state index in [1.165, 1.54) is 36.4 Å². The van der Waals surface area contributed by atoms with Gasteiger partial charge in [0.1, 0.15) is 0 Å². The Balaban J connectivity index is 1.88. The van der Waals surface area contributed by atoms with Crippen molar-refractivity contribution in [1.29, 1.82) is 0 Å². The molecule has 3 rings (SSSR count). The Bertz CT molecular complexity index is 1030. The van der Waals surface area contributed by atoms with Gasteiger partial charge in [-0.2, -0.15) is 0 Å².